The summed E-state index contributed by atoms with van der Waals surface area (Å²) in [6.07, 6.45) is -1.71. The van der Waals surface area contributed by atoms with Crippen molar-refractivity contribution >= 4 is 23.1 Å². The molecule has 12 heteroatoms. The number of halogens is 3. The molecule has 0 aliphatic carbocycles. The second-order valence-electron chi connectivity index (χ2n) is 5.20. The van der Waals surface area contributed by atoms with E-state index in [2.05, 4.69) is 24.8 Å². The molecule has 0 bridgehead atoms. The van der Waals surface area contributed by atoms with Gasteiger partial charge in [-0.2, -0.15) is 23.0 Å². The Kier molecular flexibility index (Phi) is 4.83. The van der Waals surface area contributed by atoms with Crippen molar-refractivity contribution in [3.05, 3.63) is 34.7 Å². The highest BCUT2D eigenvalue weighted by Gasteiger charge is 2.41. The maximum Gasteiger partial charge on any atom is 0.435 e. The van der Waals surface area contributed by atoms with Gasteiger partial charge in [-0.15, -0.1) is 11.3 Å². The van der Waals surface area contributed by atoms with Gasteiger partial charge in [0.1, 0.15) is 10.8 Å². The largest absolute Gasteiger partial charge is 0.464 e. The van der Waals surface area contributed by atoms with E-state index in [1.54, 1.807) is 6.92 Å². The molecule has 3 aromatic heterocycles. The lowest BCUT2D eigenvalue weighted by atomic mass is 10.2. The summed E-state index contributed by atoms with van der Waals surface area (Å²) in [5.41, 5.74) is 4.24. The molecule has 27 heavy (non-hydrogen) atoms. The van der Waals surface area contributed by atoms with Crippen LogP contribution in [0.4, 0.5) is 19.0 Å². The molecule has 0 saturated heterocycles. The number of ether oxygens (including phenoxy) is 1. The lowest BCUT2D eigenvalue weighted by Crippen LogP contribution is -2.09. The number of aromatic nitrogens is 5. The molecule has 3 aromatic rings. The monoisotopic (exact) mass is 398 g/mol. The number of aryl methyl sites for hydroxylation is 1. The molecule has 0 unspecified atom stereocenters. The third kappa shape index (κ3) is 3.35. The van der Waals surface area contributed by atoms with Crippen molar-refractivity contribution < 1.29 is 22.7 Å². The van der Waals surface area contributed by atoms with E-state index >= 15 is 0 Å². The van der Waals surface area contributed by atoms with Crippen LogP contribution in [0.5, 0.6) is 0 Å². The Labute approximate surface area is 154 Å². The van der Waals surface area contributed by atoms with Gasteiger partial charge in [0, 0.05) is 17.3 Å². The van der Waals surface area contributed by atoms with Crippen LogP contribution in [0.3, 0.4) is 0 Å². The summed E-state index contributed by atoms with van der Waals surface area (Å²) in [5, 5.41) is 3.47. The van der Waals surface area contributed by atoms with Gasteiger partial charge in [0.05, 0.1) is 12.7 Å². The zero-order chi connectivity index (χ0) is 19.8. The van der Waals surface area contributed by atoms with Crippen molar-refractivity contribution in [1.29, 1.82) is 0 Å². The Morgan fingerprint density at radius 2 is 2.00 bits per heavy atom. The Balaban J connectivity index is 2.25. The molecule has 0 saturated carbocycles. The number of carbonyl (C=O) groups excluding carboxylic acids is 1. The molecule has 0 aliphatic heterocycles. The first-order chi connectivity index (χ1) is 12.8. The Bertz CT molecular complexity index is 984. The summed E-state index contributed by atoms with van der Waals surface area (Å²) in [7, 11) is 1.17. The van der Waals surface area contributed by atoms with E-state index in [4.69, 9.17) is 5.73 Å². The quantitative estimate of drug-likeness (QED) is 0.673. The van der Waals surface area contributed by atoms with Gasteiger partial charge in [-0.1, -0.05) is 6.92 Å². The Hall–Kier alpha value is -3.02. The van der Waals surface area contributed by atoms with E-state index in [1.807, 2.05) is 0 Å². The minimum Gasteiger partial charge on any atom is -0.464 e. The van der Waals surface area contributed by atoms with Gasteiger partial charge in [-0.3, -0.25) is 0 Å². The minimum absolute atomic E-state index is 0.0452. The second-order valence-corrected chi connectivity index (χ2v) is 6.29. The van der Waals surface area contributed by atoms with Crippen molar-refractivity contribution in [2.75, 3.05) is 12.8 Å². The zero-order valence-electron chi connectivity index (χ0n) is 14.1. The second kappa shape index (κ2) is 6.95. The summed E-state index contributed by atoms with van der Waals surface area (Å²) in [4.78, 5) is 24.1. The molecule has 0 atom stereocenters. The number of nitrogen functional groups attached to an aromatic ring is 1. The van der Waals surface area contributed by atoms with Crippen molar-refractivity contribution in [2.45, 2.75) is 19.5 Å². The van der Waals surface area contributed by atoms with Crippen molar-refractivity contribution in [3.63, 3.8) is 0 Å². The van der Waals surface area contributed by atoms with Crippen molar-refractivity contribution in [1.82, 2.24) is 24.7 Å². The van der Waals surface area contributed by atoms with Crippen LogP contribution in [0, 0.1) is 0 Å². The number of nitrogens with zero attached hydrogens (tertiary/aromatic N) is 5. The predicted molar refractivity (Wildman–Crippen MR) is 90.4 cm³/mol. The zero-order valence-corrected chi connectivity index (χ0v) is 14.9. The number of thiazole rings is 1. The van der Waals surface area contributed by atoms with Crippen LogP contribution in [-0.4, -0.2) is 37.8 Å². The number of alkyl halides is 3. The van der Waals surface area contributed by atoms with E-state index in [9.17, 15) is 18.0 Å². The van der Waals surface area contributed by atoms with Crippen LogP contribution in [0.15, 0.2) is 18.5 Å². The highest BCUT2D eigenvalue weighted by Crippen LogP contribution is 2.42. The molecular formula is C15H13F3N6O2S. The number of hydrogen-bond acceptors (Lipinski definition) is 8. The van der Waals surface area contributed by atoms with Gasteiger partial charge in [-0.25, -0.2) is 19.7 Å². The van der Waals surface area contributed by atoms with E-state index < -0.39 is 23.4 Å². The fourth-order valence-corrected chi connectivity index (χ4v) is 3.39. The fourth-order valence-electron chi connectivity index (χ4n) is 2.35. The van der Waals surface area contributed by atoms with Crippen molar-refractivity contribution in [2.24, 2.45) is 0 Å². The lowest BCUT2D eigenvalue weighted by molar-refractivity contribution is -0.140. The predicted octanol–water partition coefficient (Wildman–Crippen LogP) is 2.74. The Morgan fingerprint density at radius 3 is 2.56 bits per heavy atom. The molecule has 0 amide bonds. The summed E-state index contributed by atoms with van der Waals surface area (Å²) in [6, 6.07) is 1.51. The molecule has 3 rings (SSSR count). The minimum atomic E-state index is -4.80. The molecule has 3 heterocycles. The number of rotatable bonds is 4. The van der Waals surface area contributed by atoms with Crippen molar-refractivity contribution in [3.8, 4) is 16.5 Å². The van der Waals surface area contributed by atoms with Gasteiger partial charge in [0.15, 0.2) is 11.4 Å². The number of nitrogens with two attached hydrogens (primary N) is 1. The number of hydrogen-bond donors (Lipinski definition) is 1. The number of anilines is 1. The van der Waals surface area contributed by atoms with Crippen LogP contribution in [0.1, 0.15) is 28.0 Å². The number of methoxy groups -OCH3 is 1. The van der Waals surface area contributed by atoms with E-state index in [1.165, 1.54) is 25.6 Å². The molecule has 8 nitrogen and oxygen atoms in total. The normalized spacial score (nSPS) is 11.6. The van der Waals surface area contributed by atoms with Gasteiger partial charge < -0.3 is 10.5 Å². The fraction of sp³-hybridized carbons (Fsp3) is 0.267. The first-order valence-corrected chi connectivity index (χ1v) is 8.41. The van der Waals surface area contributed by atoms with E-state index in [0.717, 1.165) is 16.0 Å². The summed E-state index contributed by atoms with van der Waals surface area (Å²) in [5.74, 6) is -1.19. The average molecular weight is 398 g/mol. The first-order valence-electron chi connectivity index (χ1n) is 7.59. The molecular weight excluding hydrogens is 385 g/mol. The number of carbonyl (C=O) groups is 1. The Morgan fingerprint density at radius 1 is 1.33 bits per heavy atom. The molecule has 0 aliphatic rings. The summed E-state index contributed by atoms with van der Waals surface area (Å²) < 4.78 is 46.1. The maximum absolute atomic E-state index is 13.6. The van der Waals surface area contributed by atoms with Crippen LogP contribution in [-0.2, 0) is 17.3 Å². The topological polar surface area (TPSA) is 109 Å². The third-order valence-electron chi connectivity index (χ3n) is 3.54. The van der Waals surface area contributed by atoms with Gasteiger partial charge >= 0.3 is 12.1 Å². The first kappa shape index (κ1) is 18.8. The van der Waals surface area contributed by atoms with Gasteiger partial charge in [0.25, 0.3) is 5.95 Å². The highest BCUT2D eigenvalue weighted by atomic mass is 32.1. The SMILES string of the molecule is CCc1sc(-c2c(C(F)(F)F)nn(-c3ncccn3)c2N)nc1C(=O)OC. The van der Waals surface area contributed by atoms with Gasteiger partial charge in [-0.05, 0) is 12.5 Å². The highest BCUT2D eigenvalue weighted by molar-refractivity contribution is 7.15. The smallest absolute Gasteiger partial charge is 0.435 e. The van der Waals surface area contributed by atoms with E-state index in [0.29, 0.717) is 11.3 Å². The average Bonchev–Trinajstić information content (AvgIpc) is 3.22. The summed E-state index contributed by atoms with van der Waals surface area (Å²) in [6.45, 7) is 1.75. The van der Waals surface area contributed by atoms with Crippen LogP contribution in [0.2, 0.25) is 0 Å². The van der Waals surface area contributed by atoms with Crippen LogP contribution < -0.4 is 5.73 Å². The van der Waals surface area contributed by atoms with Crippen LogP contribution >= 0.6 is 11.3 Å². The molecule has 142 valence electrons. The number of esters is 1. The third-order valence-corrected chi connectivity index (χ3v) is 4.76. The standard InChI is InChI=1S/C15H13F3N6O2S/c1-3-7-9(13(25)26-2)22-12(27-7)8-10(15(16,17)18)23-24(11(8)19)14-20-5-4-6-21-14/h4-6H,3,19H2,1-2H3. The molecule has 0 radical (unpaired) electrons. The molecule has 0 spiro atoms. The lowest BCUT2D eigenvalue weighted by Gasteiger charge is -2.04. The maximum atomic E-state index is 13.6. The van der Waals surface area contributed by atoms with E-state index in [-0.39, 0.29) is 22.5 Å². The van der Waals surface area contributed by atoms with Gasteiger partial charge in [0.2, 0.25) is 0 Å². The molecule has 0 fully saturated rings. The molecule has 0 aromatic carbocycles. The van der Waals surface area contributed by atoms with Crippen LogP contribution in [0.25, 0.3) is 16.5 Å². The summed E-state index contributed by atoms with van der Waals surface area (Å²) >= 11 is 0.923. The molecule has 2 N–H and O–H groups in total.